The van der Waals surface area contributed by atoms with Gasteiger partial charge in [0.15, 0.2) is 4.08 Å². The first-order chi connectivity index (χ1) is 8.56. The van der Waals surface area contributed by atoms with Crippen LogP contribution in [0, 0.1) is 0 Å². The molecule has 0 radical (unpaired) electrons. The average molecular weight is 343 g/mol. The molecule has 8 heteroatoms. The Labute approximate surface area is 133 Å². The zero-order valence-electron chi connectivity index (χ0n) is 11.5. The van der Waals surface area contributed by atoms with E-state index in [4.69, 9.17) is 33.9 Å². The number of carbonyl (C=O) groups is 1. The Hall–Kier alpha value is -0.0500. The molecule has 0 saturated heterocycles. The van der Waals surface area contributed by atoms with Gasteiger partial charge in [-0.05, 0) is 82.6 Å². The fraction of sp³-hybridized carbons (Fsp3) is 0.727. The van der Waals surface area contributed by atoms with Gasteiger partial charge in [0.1, 0.15) is 0 Å². The predicted molar refractivity (Wildman–Crippen MR) is 88.9 cm³/mol. The molecule has 0 aliphatic heterocycles. The molecule has 0 bridgehead atoms. The molecule has 4 nitrogen and oxygen atoms in total. The van der Waals surface area contributed by atoms with Gasteiger partial charge in [-0.25, -0.2) is 4.79 Å². The molecule has 110 valence electrons. The van der Waals surface area contributed by atoms with Gasteiger partial charge in [-0.2, -0.15) is 0 Å². The van der Waals surface area contributed by atoms with E-state index in [-0.39, 0.29) is 21.0 Å². The quantitative estimate of drug-likeness (QED) is 0.600. The summed E-state index contributed by atoms with van der Waals surface area (Å²) in [7, 11) is 0. The van der Waals surface area contributed by atoms with Crippen LogP contribution in [-0.4, -0.2) is 36.1 Å². The lowest BCUT2D eigenvalue weighted by Crippen LogP contribution is -2.31. The highest BCUT2D eigenvalue weighted by molar-refractivity contribution is 8.37. The van der Waals surface area contributed by atoms with E-state index in [1.165, 1.54) is 6.92 Å². The van der Waals surface area contributed by atoms with Gasteiger partial charge >= 0.3 is 5.97 Å². The molecule has 0 aromatic rings. The molecule has 0 atom stereocenters. The fourth-order valence-corrected chi connectivity index (χ4v) is 4.47. The number of ether oxygens (including phenoxy) is 2. The Morgan fingerprint density at radius 3 is 1.58 bits per heavy atom. The SMILES string of the molecule is CC(C)OC(=S)SC(C)(SC(=S)OC(C)C)C(=O)O. The van der Waals surface area contributed by atoms with Crippen molar-refractivity contribution in [2.45, 2.75) is 50.9 Å². The summed E-state index contributed by atoms with van der Waals surface area (Å²) in [4.78, 5) is 11.4. The van der Waals surface area contributed by atoms with Crippen molar-refractivity contribution in [2.75, 3.05) is 0 Å². The van der Waals surface area contributed by atoms with Crippen molar-refractivity contribution >= 4 is 62.7 Å². The second kappa shape index (κ2) is 8.28. The smallest absolute Gasteiger partial charge is 0.330 e. The number of hydrogen-bond donors (Lipinski definition) is 1. The minimum atomic E-state index is -1.27. The highest BCUT2D eigenvalue weighted by atomic mass is 32.2. The van der Waals surface area contributed by atoms with Gasteiger partial charge in [0.05, 0.1) is 12.2 Å². The molecule has 0 spiro atoms. The van der Waals surface area contributed by atoms with Crippen molar-refractivity contribution in [1.29, 1.82) is 0 Å². The summed E-state index contributed by atoms with van der Waals surface area (Å²) in [5.41, 5.74) is 0. The molecule has 0 rings (SSSR count). The van der Waals surface area contributed by atoms with Crippen molar-refractivity contribution < 1.29 is 19.4 Å². The van der Waals surface area contributed by atoms with Gasteiger partial charge in [-0.1, -0.05) is 0 Å². The highest BCUT2D eigenvalue weighted by Crippen LogP contribution is 2.40. The van der Waals surface area contributed by atoms with E-state index in [0.717, 1.165) is 23.5 Å². The van der Waals surface area contributed by atoms with Crippen molar-refractivity contribution in [3.05, 3.63) is 0 Å². The highest BCUT2D eigenvalue weighted by Gasteiger charge is 2.39. The van der Waals surface area contributed by atoms with E-state index in [2.05, 4.69) is 0 Å². The van der Waals surface area contributed by atoms with E-state index < -0.39 is 10.0 Å². The second-order valence-corrected chi connectivity index (χ2v) is 8.59. The summed E-state index contributed by atoms with van der Waals surface area (Å²) in [5, 5.41) is 9.33. The van der Waals surface area contributed by atoms with Crippen molar-refractivity contribution in [3.63, 3.8) is 0 Å². The normalized spacial score (nSPS) is 11.5. The maximum Gasteiger partial charge on any atom is 0.330 e. The van der Waals surface area contributed by atoms with Crippen LogP contribution in [0.15, 0.2) is 0 Å². The van der Waals surface area contributed by atoms with Gasteiger partial charge in [-0.3, -0.25) is 0 Å². The van der Waals surface area contributed by atoms with Crippen LogP contribution in [0.4, 0.5) is 0 Å². The Balaban J connectivity index is 4.72. The lowest BCUT2D eigenvalue weighted by molar-refractivity contribution is -0.136. The first-order valence-electron chi connectivity index (χ1n) is 5.59. The Morgan fingerprint density at radius 2 is 1.37 bits per heavy atom. The minimum absolute atomic E-state index is 0.0955. The molecule has 0 unspecified atom stereocenters. The van der Waals surface area contributed by atoms with Gasteiger partial charge in [0.2, 0.25) is 8.77 Å². The number of carboxylic acid groups (broad SMARTS) is 1. The third-order valence-electron chi connectivity index (χ3n) is 1.61. The zero-order chi connectivity index (χ0) is 15.2. The molecule has 0 fully saturated rings. The van der Waals surface area contributed by atoms with Gasteiger partial charge < -0.3 is 14.6 Å². The Morgan fingerprint density at radius 1 is 1.05 bits per heavy atom. The largest absolute Gasteiger partial charge is 0.480 e. The number of rotatable bonds is 5. The van der Waals surface area contributed by atoms with E-state index >= 15 is 0 Å². The third-order valence-corrected chi connectivity index (χ3v) is 4.46. The van der Waals surface area contributed by atoms with E-state index in [0.29, 0.717) is 0 Å². The van der Waals surface area contributed by atoms with E-state index in [9.17, 15) is 9.90 Å². The predicted octanol–water partition coefficient (Wildman–Crippen LogP) is 3.67. The van der Waals surface area contributed by atoms with Crippen molar-refractivity contribution in [1.82, 2.24) is 0 Å². The van der Waals surface area contributed by atoms with Crippen LogP contribution in [0.2, 0.25) is 0 Å². The zero-order valence-corrected chi connectivity index (χ0v) is 14.7. The fourth-order valence-electron chi connectivity index (χ4n) is 0.859. The average Bonchev–Trinajstić information content (AvgIpc) is 2.12. The number of hydrogen-bond acceptors (Lipinski definition) is 7. The summed E-state index contributed by atoms with van der Waals surface area (Å²) >= 11 is 11.9. The van der Waals surface area contributed by atoms with Crippen molar-refractivity contribution in [2.24, 2.45) is 0 Å². The van der Waals surface area contributed by atoms with Crippen LogP contribution < -0.4 is 0 Å². The standard InChI is InChI=1S/C11H18O4S4/c1-6(2)14-9(16)18-11(5,8(12)13)19-10(17)15-7(3)4/h6-7H,1-5H3,(H,12,13). The summed E-state index contributed by atoms with van der Waals surface area (Å²) in [6.45, 7) is 8.82. The maximum absolute atomic E-state index is 11.4. The van der Waals surface area contributed by atoms with E-state index in [1.807, 2.05) is 27.7 Å². The number of carboxylic acids is 1. The summed E-state index contributed by atoms with van der Waals surface area (Å²) in [6, 6.07) is 0. The van der Waals surface area contributed by atoms with E-state index in [1.54, 1.807) is 0 Å². The molecule has 0 saturated carbocycles. The lowest BCUT2D eigenvalue weighted by atomic mass is 10.5. The monoisotopic (exact) mass is 342 g/mol. The van der Waals surface area contributed by atoms with Gasteiger partial charge in [0.25, 0.3) is 0 Å². The van der Waals surface area contributed by atoms with Gasteiger partial charge in [0, 0.05) is 0 Å². The molecule has 0 aliphatic carbocycles. The first-order valence-corrected chi connectivity index (χ1v) is 8.04. The Kier molecular flexibility index (Phi) is 8.26. The minimum Gasteiger partial charge on any atom is -0.480 e. The van der Waals surface area contributed by atoms with Crippen molar-refractivity contribution in [3.8, 4) is 0 Å². The first kappa shape index (κ1) is 18.9. The summed E-state index contributed by atoms with van der Waals surface area (Å²) in [5.74, 6) is -1.04. The molecule has 0 aliphatic rings. The molecular weight excluding hydrogens is 324 g/mol. The number of aliphatic carboxylic acids is 1. The summed E-state index contributed by atoms with van der Waals surface area (Å²) in [6.07, 6.45) is -0.191. The van der Waals surface area contributed by atoms with Crippen LogP contribution in [0.5, 0.6) is 0 Å². The van der Waals surface area contributed by atoms with Crippen LogP contribution in [0.25, 0.3) is 0 Å². The molecule has 0 aromatic carbocycles. The lowest BCUT2D eigenvalue weighted by Gasteiger charge is -2.24. The molecular formula is C11H18O4S4. The summed E-state index contributed by atoms with van der Waals surface area (Å²) < 4.78 is 9.68. The molecule has 1 N–H and O–H groups in total. The number of thioether (sulfide) groups is 2. The van der Waals surface area contributed by atoms with Crippen LogP contribution >= 0.6 is 48.0 Å². The molecule has 19 heavy (non-hydrogen) atoms. The van der Waals surface area contributed by atoms with Crippen LogP contribution in [0.3, 0.4) is 0 Å². The molecule has 0 amide bonds. The Bertz CT molecular complexity index is 331. The number of thiocarbonyl (C=S) groups is 2. The van der Waals surface area contributed by atoms with Gasteiger partial charge in [-0.15, -0.1) is 0 Å². The molecule has 0 heterocycles. The van der Waals surface area contributed by atoms with Crippen LogP contribution in [-0.2, 0) is 14.3 Å². The third kappa shape index (κ3) is 7.96. The maximum atomic E-state index is 11.4. The second-order valence-electron chi connectivity index (χ2n) is 4.29. The topological polar surface area (TPSA) is 55.8 Å². The van der Waals surface area contributed by atoms with Crippen LogP contribution in [0.1, 0.15) is 34.6 Å². The molecule has 0 aromatic heterocycles.